The molecular formula is C24H22N6O4. The number of fused-ring (bicyclic) bond motifs is 1. The molecule has 0 radical (unpaired) electrons. The number of benzene rings is 3. The first kappa shape index (κ1) is 22.5. The lowest BCUT2D eigenvalue weighted by molar-refractivity contribution is -0.122. The molecule has 10 nitrogen and oxygen atoms in total. The van der Waals surface area contributed by atoms with Gasteiger partial charge in [0.2, 0.25) is 6.17 Å². The van der Waals surface area contributed by atoms with Gasteiger partial charge in [0, 0.05) is 7.05 Å². The van der Waals surface area contributed by atoms with Gasteiger partial charge in [-0.05, 0) is 29.8 Å². The molecule has 1 heterocycles. The molecule has 34 heavy (non-hydrogen) atoms. The fourth-order valence-electron chi connectivity index (χ4n) is 3.36. The number of nitrogens with one attached hydrogen (secondary N) is 1. The zero-order chi connectivity index (χ0) is 24.1. The molecule has 172 valence electrons. The van der Waals surface area contributed by atoms with Crippen LogP contribution in [0, 0.1) is 0 Å². The number of alkyl carbamates (subject to hydrolysis) is 1. The van der Waals surface area contributed by atoms with Crippen LogP contribution in [0.3, 0.4) is 0 Å². The van der Waals surface area contributed by atoms with E-state index in [1.807, 2.05) is 30.3 Å². The smallest absolute Gasteiger partial charge is 0.409 e. The SMILES string of the molecule is CN(C(=O)C(NC(=O)OCc1ccccc1)n1nc2ccccc2n1)c1ccccc1C(N)=O. The van der Waals surface area contributed by atoms with Crippen LogP contribution in [-0.4, -0.2) is 39.9 Å². The van der Waals surface area contributed by atoms with Crippen molar-refractivity contribution >= 4 is 34.6 Å². The van der Waals surface area contributed by atoms with Crippen LogP contribution in [-0.2, 0) is 16.1 Å². The van der Waals surface area contributed by atoms with Crippen molar-refractivity contribution in [2.75, 3.05) is 11.9 Å². The predicted molar refractivity (Wildman–Crippen MR) is 125 cm³/mol. The molecule has 0 fully saturated rings. The molecular weight excluding hydrogens is 436 g/mol. The molecule has 0 aliphatic carbocycles. The second-order valence-corrected chi connectivity index (χ2v) is 7.40. The van der Waals surface area contributed by atoms with Crippen LogP contribution in [0.1, 0.15) is 22.1 Å². The molecule has 1 unspecified atom stereocenters. The summed E-state index contributed by atoms with van der Waals surface area (Å²) in [6.07, 6.45) is -2.18. The molecule has 1 aromatic heterocycles. The molecule has 0 spiro atoms. The third-order valence-corrected chi connectivity index (χ3v) is 5.10. The zero-order valence-corrected chi connectivity index (χ0v) is 18.3. The number of rotatable bonds is 7. The number of carbonyl (C=O) groups excluding carboxylic acids is 3. The van der Waals surface area contributed by atoms with Crippen molar-refractivity contribution in [2.45, 2.75) is 12.8 Å². The first-order valence-corrected chi connectivity index (χ1v) is 10.4. The average Bonchev–Trinajstić information content (AvgIpc) is 3.30. The molecule has 0 aliphatic rings. The number of nitrogens with zero attached hydrogens (tertiary/aromatic N) is 4. The Kier molecular flexibility index (Phi) is 6.49. The van der Waals surface area contributed by atoms with Gasteiger partial charge in [0.25, 0.3) is 11.8 Å². The second-order valence-electron chi connectivity index (χ2n) is 7.40. The van der Waals surface area contributed by atoms with Gasteiger partial charge in [-0.2, -0.15) is 15.0 Å². The van der Waals surface area contributed by atoms with Gasteiger partial charge in [0.05, 0.1) is 11.3 Å². The summed E-state index contributed by atoms with van der Waals surface area (Å²) >= 11 is 0. The number of aromatic nitrogens is 3. The molecule has 0 saturated carbocycles. The summed E-state index contributed by atoms with van der Waals surface area (Å²) in [5.41, 5.74) is 7.77. The van der Waals surface area contributed by atoms with Crippen molar-refractivity contribution in [3.63, 3.8) is 0 Å². The first-order chi connectivity index (χ1) is 16.4. The number of nitrogens with two attached hydrogens (primary N) is 1. The van der Waals surface area contributed by atoms with Crippen LogP contribution in [0.15, 0.2) is 78.9 Å². The first-order valence-electron chi connectivity index (χ1n) is 10.4. The molecule has 0 aliphatic heterocycles. The van der Waals surface area contributed by atoms with Gasteiger partial charge >= 0.3 is 6.09 Å². The van der Waals surface area contributed by atoms with E-state index in [1.54, 1.807) is 42.5 Å². The van der Waals surface area contributed by atoms with Crippen molar-refractivity contribution in [2.24, 2.45) is 5.73 Å². The van der Waals surface area contributed by atoms with Crippen molar-refractivity contribution in [3.05, 3.63) is 90.0 Å². The largest absolute Gasteiger partial charge is 0.445 e. The fraction of sp³-hybridized carbons (Fsp3) is 0.125. The second kappa shape index (κ2) is 9.82. The Labute approximate surface area is 194 Å². The minimum Gasteiger partial charge on any atom is -0.445 e. The molecule has 0 saturated heterocycles. The van der Waals surface area contributed by atoms with Gasteiger partial charge in [-0.1, -0.05) is 54.6 Å². The Morgan fingerprint density at radius 2 is 1.53 bits per heavy atom. The number of para-hydroxylation sites is 1. The van der Waals surface area contributed by atoms with E-state index >= 15 is 0 Å². The van der Waals surface area contributed by atoms with E-state index in [-0.39, 0.29) is 17.9 Å². The molecule has 3 amide bonds. The lowest BCUT2D eigenvalue weighted by Crippen LogP contribution is -2.45. The topological polar surface area (TPSA) is 132 Å². The number of ether oxygens (including phenoxy) is 1. The number of amides is 3. The normalized spacial score (nSPS) is 11.6. The zero-order valence-electron chi connectivity index (χ0n) is 18.3. The van der Waals surface area contributed by atoms with E-state index in [2.05, 4.69) is 15.5 Å². The van der Waals surface area contributed by atoms with Crippen LogP contribution in [0.4, 0.5) is 10.5 Å². The van der Waals surface area contributed by atoms with E-state index in [1.165, 1.54) is 18.0 Å². The molecule has 0 bridgehead atoms. The van der Waals surface area contributed by atoms with Gasteiger partial charge in [-0.15, -0.1) is 0 Å². The highest BCUT2D eigenvalue weighted by molar-refractivity contribution is 6.05. The van der Waals surface area contributed by atoms with Crippen molar-refractivity contribution in [3.8, 4) is 0 Å². The van der Waals surface area contributed by atoms with E-state index in [0.29, 0.717) is 11.0 Å². The third-order valence-electron chi connectivity index (χ3n) is 5.10. The number of hydrogen-bond donors (Lipinski definition) is 2. The lowest BCUT2D eigenvalue weighted by Gasteiger charge is -2.25. The number of anilines is 1. The minimum absolute atomic E-state index is 0.0163. The Bertz CT molecular complexity index is 1300. The van der Waals surface area contributed by atoms with Gasteiger partial charge in [0.15, 0.2) is 0 Å². The summed E-state index contributed by atoms with van der Waals surface area (Å²) in [5, 5.41) is 11.2. The number of primary amides is 1. The van der Waals surface area contributed by atoms with Crippen LogP contribution in [0.2, 0.25) is 0 Å². The number of carbonyl (C=O) groups is 3. The molecule has 4 aromatic rings. The molecule has 3 N–H and O–H groups in total. The maximum Gasteiger partial charge on any atom is 0.409 e. The third kappa shape index (κ3) is 4.85. The molecule has 1 atom stereocenters. The fourth-order valence-corrected chi connectivity index (χ4v) is 3.36. The molecule has 4 rings (SSSR count). The quantitative estimate of drug-likeness (QED) is 0.437. The predicted octanol–water partition coefficient (Wildman–Crippen LogP) is 2.62. The Morgan fingerprint density at radius 3 is 2.18 bits per heavy atom. The highest BCUT2D eigenvalue weighted by Crippen LogP contribution is 2.22. The Morgan fingerprint density at radius 1 is 0.941 bits per heavy atom. The Hall–Kier alpha value is -4.73. The van der Waals surface area contributed by atoms with Crippen LogP contribution in [0.5, 0.6) is 0 Å². The van der Waals surface area contributed by atoms with E-state index in [4.69, 9.17) is 10.5 Å². The lowest BCUT2D eigenvalue weighted by atomic mass is 10.1. The summed E-state index contributed by atoms with van der Waals surface area (Å²) in [6, 6.07) is 22.6. The standard InChI is InChI=1S/C24H22N6O4/c1-29(20-14-8-5-11-17(20)21(25)31)23(32)22(30-27-18-12-6-7-13-19(18)28-30)26-24(33)34-15-16-9-3-2-4-10-16/h2-14,22H,15H2,1H3,(H2,25,31)(H,26,33). The van der Waals surface area contributed by atoms with Crippen LogP contribution in [0.25, 0.3) is 11.0 Å². The monoisotopic (exact) mass is 458 g/mol. The Balaban J connectivity index is 1.62. The molecule has 3 aromatic carbocycles. The van der Waals surface area contributed by atoms with Crippen LogP contribution >= 0.6 is 0 Å². The summed E-state index contributed by atoms with van der Waals surface area (Å²) in [5.74, 6) is -1.30. The summed E-state index contributed by atoms with van der Waals surface area (Å²) < 4.78 is 5.29. The summed E-state index contributed by atoms with van der Waals surface area (Å²) in [6.45, 7) is 0.0163. The van der Waals surface area contributed by atoms with E-state index in [0.717, 1.165) is 10.4 Å². The van der Waals surface area contributed by atoms with Gasteiger partial charge in [0.1, 0.15) is 17.6 Å². The maximum absolute atomic E-state index is 13.5. The van der Waals surface area contributed by atoms with Crippen molar-refractivity contribution < 1.29 is 19.1 Å². The van der Waals surface area contributed by atoms with Gasteiger partial charge in [-0.25, -0.2) is 4.79 Å². The number of likely N-dealkylation sites (N-methyl/N-ethyl adjacent to an activating group) is 1. The van der Waals surface area contributed by atoms with Gasteiger partial charge in [-0.3, -0.25) is 14.9 Å². The highest BCUT2D eigenvalue weighted by atomic mass is 16.5. The van der Waals surface area contributed by atoms with Crippen LogP contribution < -0.4 is 16.0 Å². The van der Waals surface area contributed by atoms with Gasteiger partial charge < -0.3 is 15.4 Å². The van der Waals surface area contributed by atoms with Crippen molar-refractivity contribution in [1.82, 2.24) is 20.3 Å². The average molecular weight is 458 g/mol. The minimum atomic E-state index is -1.35. The van der Waals surface area contributed by atoms with E-state index < -0.39 is 24.1 Å². The number of hydrogen-bond acceptors (Lipinski definition) is 6. The summed E-state index contributed by atoms with van der Waals surface area (Å²) in [7, 11) is 1.47. The summed E-state index contributed by atoms with van der Waals surface area (Å²) in [4.78, 5) is 40.3. The van der Waals surface area contributed by atoms with E-state index in [9.17, 15) is 14.4 Å². The molecule has 10 heteroatoms. The maximum atomic E-state index is 13.5. The highest BCUT2D eigenvalue weighted by Gasteiger charge is 2.30. The van der Waals surface area contributed by atoms with Crippen molar-refractivity contribution in [1.29, 1.82) is 0 Å².